The molecule has 2 saturated heterocycles. The Hall–Kier alpha value is -0.120. The number of ether oxygens (including phenoxy) is 1. The predicted octanol–water partition coefficient (Wildman–Crippen LogP) is 1.88. The molecule has 0 radical (unpaired) electrons. The Balaban J connectivity index is 1.70. The predicted molar refractivity (Wildman–Crippen MR) is 71.3 cm³/mol. The van der Waals surface area contributed by atoms with Crippen LogP contribution in [0.25, 0.3) is 0 Å². The molecule has 2 fully saturated rings. The van der Waals surface area contributed by atoms with Gasteiger partial charge in [0, 0.05) is 25.3 Å². The van der Waals surface area contributed by atoms with Gasteiger partial charge >= 0.3 is 0 Å². The molecule has 0 amide bonds. The third-order valence-electron chi connectivity index (χ3n) is 4.20. The van der Waals surface area contributed by atoms with Crippen molar-refractivity contribution in [3.63, 3.8) is 0 Å². The molecule has 0 bridgehead atoms. The van der Waals surface area contributed by atoms with Gasteiger partial charge in [0.15, 0.2) is 0 Å². The maximum Gasteiger partial charge on any atom is 0.0495 e. The number of hydrogen-bond acceptors (Lipinski definition) is 3. The summed E-state index contributed by atoms with van der Waals surface area (Å²) in [5.74, 6) is 0.827. The summed E-state index contributed by atoms with van der Waals surface area (Å²) in [5, 5.41) is 3.65. The van der Waals surface area contributed by atoms with Gasteiger partial charge in [0.1, 0.15) is 0 Å². The lowest BCUT2D eigenvalue weighted by atomic mass is 10.0. The molecule has 100 valence electrons. The van der Waals surface area contributed by atoms with E-state index in [4.69, 9.17) is 4.74 Å². The molecular weight excluding hydrogens is 212 g/mol. The minimum atomic E-state index is 0.669. The van der Waals surface area contributed by atoms with Gasteiger partial charge in [-0.1, -0.05) is 0 Å². The molecule has 1 N–H and O–H groups in total. The van der Waals surface area contributed by atoms with Crippen molar-refractivity contribution in [3.05, 3.63) is 0 Å². The molecular formula is C14H28N2O. The van der Waals surface area contributed by atoms with Gasteiger partial charge in [0.05, 0.1) is 0 Å². The van der Waals surface area contributed by atoms with Crippen molar-refractivity contribution >= 4 is 0 Å². The highest BCUT2D eigenvalue weighted by Gasteiger charge is 2.19. The molecule has 0 saturated carbocycles. The van der Waals surface area contributed by atoms with Crippen molar-refractivity contribution in [2.45, 2.75) is 51.6 Å². The lowest BCUT2D eigenvalue weighted by molar-refractivity contribution is 0.172. The lowest BCUT2D eigenvalue weighted by Gasteiger charge is -2.31. The van der Waals surface area contributed by atoms with E-state index in [1.54, 1.807) is 0 Å². The van der Waals surface area contributed by atoms with E-state index in [1.165, 1.54) is 45.3 Å². The monoisotopic (exact) mass is 240 g/mol. The SMILES string of the molecule is CC1CCN(CCC2CCOC2)CCC(C)N1. The maximum absolute atomic E-state index is 5.45. The molecule has 0 spiro atoms. The van der Waals surface area contributed by atoms with Gasteiger partial charge in [0.2, 0.25) is 0 Å². The van der Waals surface area contributed by atoms with Gasteiger partial charge < -0.3 is 15.0 Å². The van der Waals surface area contributed by atoms with Crippen molar-refractivity contribution in [1.82, 2.24) is 10.2 Å². The largest absolute Gasteiger partial charge is 0.381 e. The Morgan fingerprint density at radius 2 is 1.82 bits per heavy atom. The fraction of sp³-hybridized carbons (Fsp3) is 1.00. The average Bonchev–Trinajstić information content (AvgIpc) is 2.78. The highest BCUT2D eigenvalue weighted by atomic mass is 16.5. The molecule has 3 unspecified atom stereocenters. The van der Waals surface area contributed by atoms with Crippen LogP contribution in [-0.4, -0.2) is 49.8 Å². The first-order valence-electron chi connectivity index (χ1n) is 7.30. The highest BCUT2D eigenvalue weighted by molar-refractivity contribution is 4.76. The topological polar surface area (TPSA) is 24.5 Å². The van der Waals surface area contributed by atoms with Crippen molar-refractivity contribution in [1.29, 1.82) is 0 Å². The van der Waals surface area contributed by atoms with Crippen LogP contribution in [0.2, 0.25) is 0 Å². The van der Waals surface area contributed by atoms with Crippen LogP contribution in [0.5, 0.6) is 0 Å². The van der Waals surface area contributed by atoms with Crippen LogP contribution < -0.4 is 5.32 Å². The zero-order chi connectivity index (χ0) is 12.1. The van der Waals surface area contributed by atoms with Crippen LogP contribution in [0.4, 0.5) is 0 Å². The summed E-state index contributed by atoms with van der Waals surface area (Å²) in [4.78, 5) is 2.66. The molecule has 2 aliphatic rings. The van der Waals surface area contributed by atoms with E-state index < -0.39 is 0 Å². The van der Waals surface area contributed by atoms with Crippen LogP contribution in [0.3, 0.4) is 0 Å². The van der Waals surface area contributed by atoms with Crippen molar-refractivity contribution in [2.24, 2.45) is 5.92 Å². The molecule has 2 heterocycles. The summed E-state index contributed by atoms with van der Waals surface area (Å²) in [6.45, 7) is 10.4. The minimum Gasteiger partial charge on any atom is -0.381 e. The standard InChI is InChI=1S/C14H28N2O/c1-12-3-7-16(8-4-13(2)15-12)9-5-14-6-10-17-11-14/h12-15H,3-11H2,1-2H3. The maximum atomic E-state index is 5.45. The molecule has 0 aromatic carbocycles. The van der Waals surface area contributed by atoms with Crippen LogP contribution in [0.15, 0.2) is 0 Å². The minimum absolute atomic E-state index is 0.669. The molecule has 2 rings (SSSR count). The zero-order valence-corrected chi connectivity index (χ0v) is 11.5. The van der Waals surface area contributed by atoms with E-state index in [1.807, 2.05) is 0 Å². The Labute approximate surface area is 106 Å². The molecule has 0 aliphatic carbocycles. The zero-order valence-electron chi connectivity index (χ0n) is 11.5. The second-order valence-corrected chi connectivity index (χ2v) is 5.91. The van der Waals surface area contributed by atoms with E-state index in [9.17, 15) is 0 Å². The quantitative estimate of drug-likeness (QED) is 0.815. The van der Waals surface area contributed by atoms with E-state index in [2.05, 4.69) is 24.1 Å². The Morgan fingerprint density at radius 1 is 1.12 bits per heavy atom. The van der Waals surface area contributed by atoms with E-state index in [-0.39, 0.29) is 0 Å². The molecule has 0 aromatic heterocycles. The average molecular weight is 240 g/mol. The number of hydrogen-bond donors (Lipinski definition) is 1. The molecule has 3 atom stereocenters. The number of rotatable bonds is 3. The number of nitrogens with zero attached hydrogens (tertiary/aromatic N) is 1. The number of nitrogens with one attached hydrogen (secondary N) is 1. The first kappa shape index (κ1) is 13.3. The molecule has 3 heteroatoms. The first-order valence-corrected chi connectivity index (χ1v) is 7.30. The van der Waals surface area contributed by atoms with Gasteiger partial charge in [-0.15, -0.1) is 0 Å². The van der Waals surface area contributed by atoms with E-state index >= 15 is 0 Å². The van der Waals surface area contributed by atoms with Crippen molar-refractivity contribution < 1.29 is 4.74 Å². The van der Waals surface area contributed by atoms with Gasteiger partial charge in [-0.25, -0.2) is 0 Å². The van der Waals surface area contributed by atoms with Gasteiger partial charge in [-0.3, -0.25) is 0 Å². The van der Waals surface area contributed by atoms with E-state index in [0.29, 0.717) is 12.1 Å². The Morgan fingerprint density at radius 3 is 2.41 bits per heavy atom. The van der Waals surface area contributed by atoms with Crippen LogP contribution in [0.1, 0.15) is 39.5 Å². The summed E-state index contributed by atoms with van der Waals surface area (Å²) in [5.41, 5.74) is 0. The van der Waals surface area contributed by atoms with Crippen molar-refractivity contribution in [3.8, 4) is 0 Å². The summed E-state index contributed by atoms with van der Waals surface area (Å²) < 4.78 is 5.45. The first-order chi connectivity index (χ1) is 8.24. The molecule has 2 aliphatic heterocycles. The fourth-order valence-corrected chi connectivity index (χ4v) is 2.92. The van der Waals surface area contributed by atoms with Gasteiger partial charge in [-0.05, 0) is 65.1 Å². The third-order valence-corrected chi connectivity index (χ3v) is 4.20. The van der Waals surface area contributed by atoms with E-state index in [0.717, 1.165) is 19.1 Å². The second kappa shape index (κ2) is 6.72. The Bertz CT molecular complexity index is 204. The highest BCUT2D eigenvalue weighted by Crippen LogP contribution is 2.17. The Kier molecular flexibility index (Phi) is 5.26. The van der Waals surface area contributed by atoms with Gasteiger partial charge in [-0.2, -0.15) is 0 Å². The van der Waals surface area contributed by atoms with Crippen molar-refractivity contribution in [2.75, 3.05) is 32.8 Å². The molecule has 3 nitrogen and oxygen atoms in total. The smallest absolute Gasteiger partial charge is 0.0495 e. The summed E-state index contributed by atoms with van der Waals surface area (Å²) in [6, 6.07) is 1.34. The summed E-state index contributed by atoms with van der Waals surface area (Å²) in [7, 11) is 0. The third kappa shape index (κ3) is 4.57. The second-order valence-electron chi connectivity index (χ2n) is 5.91. The molecule has 17 heavy (non-hydrogen) atoms. The normalized spacial score (nSPS) is 36.7. The summed E-state index contributed by atoms with van der Waals surface area (Å²) in [6.07, 6.45) is 5.18. The van der Waals surface area contributed by atoms with Crippen LogP contribution in [0, 0.1) is 5.92 Å². The van der Waals surface area contributed by atoms with Gasteiger partial charge in [0.25, 0.3) is 0 Å². The fourth-order valence-electron chi connectivity index (χ4n) is 2.92. The molecule has 0 aromatic rings. The van der Waals surface area contributed by atoms with Crippen LogP contribution in [-0.2, 0) is 4.74 Å². The lowest BCUT2D eigenvalue weighted by Crippen LogP contribution is -2.43. The summed E-state index contributed by atoms with van der Waals surface area (Å²) >= 11 is 0. The van der Waals surface area contributed by atoms with Crippen LogP contribution >= 0.6 is 0 Å².